The van der Waals surface area contributed by atoms with E-state index < -0.39 is 42.2 Å². The first-order valence-electron chi connectivity index (χ1n) is 50.3. The first kappa shape index (κ1) is 113. The highest BCUT2D eigenvalue weighted by Crippen LogP contribution is 2.59. The average Bonchev–Trinajstić information content (AvgIpc) is 1.67. The summed E-state index contributed by atoms with van der Waals surface area (Å²) in [6, 6.07) is 140. The number of thiocarbonyl (C=S) groups is 4. The molecule has 5 aliphatic rings. The second-order valence-electron chi connectivity index (χ2n) is 34.7. The van der Waals surface area contributed by atoms with Gasteiger partial charge in [-0.2, -0.15) is 0 Å². The zero-order valence-electron chi connectivity index (χ0n) is 84.4. The van der Waals surface area contributed by atoms with Crippen molar-refractivity contribution in [3.8, 4) is 0 Å². The molecule has 2 amide bonds. The Morgan fingerprint density at radius 3 is 0.920 bits per heavy atom. The number of halogens is 2. The van der Waals surface area contributed by atoms with Crippen LogP contribution in [0.1, 0.15) is 31.7 Å². The SMILES string of the molecule is CN(CCOP1N(c2ccccc2)CCN1c1ccccc1)C(=S)Nc1ccccc1.CNC(=S)NCCOP1N(c2ccc(Br)cc2)CCN1c1ccc(Br)cc1.C[C@H](CNC(=S)Nc1ccccc1)OP1N(c2ccccc2)CCN1c1ccccc1.O=C(NCCOP1N(c2ccccc2)CCN1c1ccccc1)Nc1ccccc1.S=C(CCCCOP1N(c2ccccc2)CCN1c1ccccc1)Cc1ccccc1. The Morgan fingerprint density at radius 1 is 0.320 bits per heavy atom. The van der Waals surface area contributed by atoms with Crippen LogP contribution >= 0.6 is 123 Å². The van der Waals surface area contributed by atoms with Crippen LogP contribution in [-0.2, 0) is 29.0 Å². The van der Waals surface area contributed by atoms with Gasteiger partial charge in [-0.25, -0.2) is 4.79 Å². The molecule has 0 saturated carbocycles. The van der Waals surface area contributed by atoms with Crippen molar-refractivity contribution in [3.05, 3.63) is 427 Å². The fraction of sp³-hybridized carbons (Fsp3) is 0.226. The molecule has 19 rings (SSSR count). The number of para-hydroxylation sites is 11. The van der Waals surface area contributed by atoms with E-state index in [1.165, 1.54) is 51.1 Å². The molecule has 5 heterocycles. The molecule has 24 nitrogen and oxygen atoms in total. The fourth-order valence-corrected chi connectivity index (χ4v) is 27.9. The Morgan fingerprint density at radius 2 is 0.593 bits per heavy atom. The number of amides is 2. The predicted molar refractivity (Wildman–Crippen MR) is 658 cm³/mol. The van der Waals surface area contributed by atoms with E-state index in [0.29, 0.717) is 61.3 Å². The minimum absolute atomic E-state index is 0.0165. The zero-order chi connectivity index (χ0) is 104. The molecule has 7 N–H and O–H groups in total. The second-order valence-corrected chi connectivity index (χ2v) is 46.9. The van der Waals surface area contributed by atoms with Gasteiger partial charge in [-0.15, -0.1) is 0 Å². The number of hydrogen-bond acceptors (Lipinski definition) is 20. The smallest absolute Gasteiger partial charge is 0.319 e. The lowest BCUT2D eigenvalue weighted by molar-refractivity contribution is 0.248. The number of rotatable bonds is 37. The van der Waals surface area contributed by atoms with Crippen molar-refractivity contribution in [3.63, 3.8) is 0 Å². The molecule has 0 unspecified atom stereocenters. The molecule has 0 radical (unpaired) electrons. The van der Waals surface area contributed by atoms with Crippen molar-refractivity contribution in [1.29, 1.82) is 0 Å². The monoisotopic (exact) mass is 2300 g/mol. The van der Waals surface area contributed by atoms with Crippen LogP contribution in [0.4, 0.5) is 78.7 Å². The van der Waals surface area contributed by atoms with E-state index in [-0.39, 0.29) is 12.1 Å². The number of carbonyl (C=O) groups excluding carboxylic acids is 1. The third-order valence-electron chi connectivity index (χ3n) is 24.0. The van der Waals surface area contributed by atoms with Gasteiger partial charge < -0.3 is 111 Å². The quantitative estimate of drug-likeness (QED) is 0.0111. The van der Waals surface area contributed by atoms with E-state index in [1.807, 2.05) is 177 Å². The molecule has 0 bridgehead atoms. The highest BCUT2D eigenvalue weighted by Gasteiger charge is 2.41. The molecule has 5 saturated heterocycles. The summed E-state index contributed by atoms with van der Waals surface area (Å²) in [6.07, 6.45) is 3.96. The van der Waals surface area contributed by atoms with Crippen molar-refractivity contribution in [1.82, 2.24) is 26.2 Å². The van der Waals surface area contributed by atoms with Gasteiger partial charge in [0.1, 0.15) is 0 Å². The van der Waals surface area contributed by atoms with Crippen LogP contribution in [0.3, 0.4) is 0 Å². The van der Waals surface area contributed by atoms with Crippen LogP contribution < -0.4 is 83.9 Å². The molecule has 1 atom stereocenters. The molecule has 0 aliphatic carbocycles. The Kier molecular flexibility index (Phi) is 45.9. The van der Waals surface area contributed by atoms with Crippen LogP contribution in [0.2, 0.25) is 0 Å². The lowest BCUT2D eigenvalue weighted by Crippen LogP contribution is -2.35. The van der Waals surface area contributed by atoms with E-state index in [9.17, 15) is 4.79 Å². The molecule has 0 aromatic heterocycles. The largest absolute Gasteiger partial charge is 0.366 e. The van der Waals surface area contributed by atoms with Gasteiger partial charge in [0.05, 0.1) is 32.5 Å². The molecular formula is C115H129Br2N18O6P5S4. The normalized spacial score (nSPS) is 14.3. The topological polar surface area (TPSA) is 183 Å². The molecule has 5 fully saturated rings. The van der Waals surface area contributed by atoms with Crippen molar-refractivity contribution in [2.45, 2.75) is 38.7 Å². The van der Waals surface area contributed by atoms with E-state index in [2.05, 4.69) is 377 Å². The van der Waals surface area contributed by atoms with Gasteiger partial charge >= 0.3 is 6.03 Å². The minimum Gasteiger partial charge on any atom is -0.366 e. The highest BCUT2D eigenvalue weighted by atomic mass is 79.9. The summed E-state index contributed by atoms with van der Waals surface area (Å²) in [5.74, 6) is 0. The third-order valence-corrected chi connectivity index (χ3v) is 37.0. The summed E-state index contributed by atoms with van der Waals surface area (Å²) in [7, 11) is -0.943. The number of nitrogens with one attached hydrogen (secondary N) is 7. The zero-order valence-corrected chi connectivity index (χ0v) is 95.3. The number of hydrogen-bond donors (Lipinski definition) is 7. The van der Waals surface area contributed by atoms with Gasteiger partial charge in [0.2, 0.25) is 42.2 Å². The maximum atomic E-state index is 12.1. The molecular weight excluding hydrogens is 2170 g/mol. The number of carbonyl (C=O) groups is 1. The fourth-order valence-electron chi connectivity index (χ4n) is 16.5. The number of nitrogens with zero attached hydrogens (tertiary/aromatic N) is 11. The molecule has 150 heavy (non-hydrogen) atoms. The van der Waals surface area contributed by atoms with E-state index in [0.717, 1.165) is 140 Å². The van der Waals surface area contributed by atoms with E-state index in [1.54, 1.807) is 0 Å². The van der Waals surface area contributed by atoms with Crippen LogP contribution in [0.15, 0.2) is 421 Å². The summed E-state index contributed by atoms with van der Waals surface area (Å²) >= 11 is 28.7. The molecule has 778 valence electrons. The number of unbranched alkanes of at least 4 members (excludes halogenated alkanes) is 1. The summed E-state index contributed by atoms with van der Waals surface area (Å²) in [6.45, 7) is 16.2. The van der Waals surface area contributed by atoms with Crippen LogP contribution in [0, 0.1) is 0 Å². The van der Waals surface area contributed by atoms with Crippen molar-refractivity contribution >= 4 is 223 Å². The van der Waals surface area contributed by atoms with Crippen LogP contribution in [0.5, 0.6) is 0 Å². The lowest BCUT2D eigenvalue weighted by Gasteiger charge is -2.33. The van der Waals surface area contributed by atoms with Crippen molar-refractivity contribution in [2.75, 3.05) is 195 Å². The Hall–Kier alpha value is -11.6. The number of benzene rings is 14. The van der Waals surface area contributed by atoms with E-state index >= 15 is 0 Å². The van der Waals surface area contributed by atoms with E-state index in [4.69, 9.17) is 71.5 Å². The summed E-state index contributed by atoms with van der Waals surface area (Å²) in [4.78, 5) is 15.2. The maximum absolute atomic E-state index is 12.1. The number of anilines is 13. The Labute approximate surface area is 929 Å². The number of likely N-dealkylation sites (N-methyl/N-ethyl adjacent to an activating group) is 1. The van der Waals surface area contributed by atoms with Gasteiger partial charge in [-0.05, 0) is 255 Å². The first-order valence-corrected chi connectivity index (χ1v) is 59.3. The molecule has 14 aromatic carbocycles. The average molecular weight is 2300 g/mol. The predicted octanol–water partition coefficient (Wildman–Crippen LogP) is 28.2. The Bertz CT molecular complexity index is 6090. The molecule has 0 spiro atoms. The number of urea groups is 1. The maximum Gasteiger partial charge on any atom is 0.319 e. The standard InChI is InChI=1S/C26H29N2OPS.2C24H27N4OPS.C23H25N4O2P.C18H21Br2N4OPS/c31-26(22-23-12-4-1-5-13-23)18-10-11-21-29-30-27(24-14-6-2-7-15-24)19-20-28(30)25-16-8-3-9-17-25;1-26(24(31)25-21-11-5-2-6-12-21)19-20-29-30-27(22-13-7-3-8-14-22)17-18-28(30)23-15-9-4-10-16-23;1-20(19-25-24(31)26-21-11-5-2-6-12-21)29-30-27(22-13-7-3-8-14-22)17-18-28(30)23-15-9-4-10-16-23;28-23(25-20-10-4-1-5-11-20)24-16-19-29-30-26(21-12-6-2-7-13-21)17-18-27(30)22-14-8-3-9-15-22;1-21-18(27)22-10-13-25-26-23(16-6-2-14(19)3-7-16)11-12-24(26)17-8-4-15(20)5-9-17/h1-9,12-17H,10-11,18-22H2;2-16H,17-20H2,1H3,(H,25,31);2-16,20H,17-19H2,1H3,(H2,25,26,31);1-15H,16-19H2,(H2,24,25,28);2-9H,10-13H2,1H3,(H2,21,22,27)/t;;20-;;/m..1../s1. The van der Waals surface area contributed by atoms with Crippen LogP contribution in [-0.4, -0.2) is 169 Å². The summed E-state index contributed by atoms with van der Waals surface area (Å²) in [5, 5.41) is 23.4. The van der Waals surface area contributed by atoms with Gasteiger partial charge in [0.25, 0.3) is 0 Å². The van der Waals surface area contributed by atoms with Crippen LogP contribution in [0.25, 0.3) is 0 Å². The van der Waals surface area contributed by atoms with Gasteiger partial charge in [0, 0.05) is 195 Å². The van der Waals surface area contributed by atoms with Gasteiger partial charge in [0.15, 0.2) is 15.3 Å². The highest BCUT2D eigenvalue weighted by molar-refractivity contribution is 9.10. The van der Waals surface area contributed by atoms with Gasteiger partial charge in [-0.1, -0.05) is 275 Å². The first-order chi connectivity index (χ1) is 73.6. The second kappa shape index (κ2) is 61.2. The van der Waals surface area contributed by atoms with Crippen molar-refractivity contribution < 1.29 is 27.4 Å². The summed E-state index contributed by atoms with van der Waals surface area (Å²) < 4.78 is 58.1. The third kappa shape index (κ3) is 34.7. The summed E-state index contributed by atoms with van der Waals surface area (Å²) in [5.41, 5.74) is 15.9. The lowest BCUT2D eigenvalue weighted by atomic mass is 10.1. The van der Waals surface area contributed by atoms with Crippen molar-refractivity contribution in [2.24, 2.45) is 0 Å². The van der Waals surface area contributed by atoms with Gasteiger partial charge in [-0.3, -0.25) is 0 Å². The molecule has 35 heteroatoms. The minimum atomic E-state index is -1.01. The molecule has 5 aliphatic heterocycles. The Balaban J connectivity index is 0.000000140. The molecule has 14 aromatic rings.